The van der Waals surface area contributed by atoms with Crippen LogP contribution in [0.2, 0.25) is 0 Å². The van der Waals surface area contributed by atoms with Gasteiger partial charge in [-0.15, -0.1) is 0 Å². The Labute approximate surface area is 79.6 Å². The molecule has 3 aromatic rings. The third-order valence-electron chi connectivity index (χ3n) is 2.45. The third-order valence-corrected chi connectivity index (χ3v) is 2.45. The van der Waals surface area contributed by atoms with Crippen molar-refractivity contribution < 1.29 is 0 Å². The topological polar surface area (TPSA) is 37.3 Å². The molecule has 0 aliphatic rings. The van der Waals surface area contributed by atoms with Gasteiger partial charge in [-0.2, -0.15) is 0 Å². The number of nitrogens with one attached hydrogen (secondary N) is 1. The number of imidazole rings is 1. The molecule has 0 spiro atoms. The third kappa shape index (κ3) is 0.836. The normalized spacial score (nSPS) is 11.1. The average Bonchev–Trinajstić information content (AvgIpc) is 2.61. The van der Waals surface area contributed by atoms with Gasteiger partial charge in [-0.05, 0) is 11.5 Å². The number of H-pyrrole nitrogens is 1. The van der Waals surface area contributed by atoms with Crippen LogP contribution in [0.1, 0.15) is 0 Å². The Morgan fingerprint density at radius 1 is 1.14 bits per heavy atom. The largest absolute Gasteiger partial charge is 0.330 e. The van der Waals surface area contributed by atoms with Gasteiger partial charge in [-0.3, -0.25) is 4.40 Å². The zero-order valence-electron chi connectivity index (χ0n) is 7.40. The molecule has 1 N–H and O–H groups in total. The van der Waals surface area contributed by atoms with Crippen molar-refractivity contribution in [3.05, 3.63) is 53.2 Å². The van der Waals surface area contributed by atoms with E-state index in [1.807, 2.05) is 30.3 Å². The fraction of sp³-hybridized carbons (Fsp3) is 0. The summed E-state index contributed by atoms with van der Waals surface area (Å²) in [4.78, 5) is 14.0. The second-order valence-electron chi connectivity index (χ2n) is 3.25. The van der Waals surface area contributed by atoms with E-state index in [-0.39, 0.29) is 5.69 Å². The molecular weight excluding hydrogens is 176 g/mol. The number of aromatic amines is 1. The number of fused-ring (bicyclic) bond motifs is 3. The van der Waals surface area contributed by atoms with Crippen molar-refractivity contribution >= 4 is 16.3 Å². The lowest BCUT2D eigenvalue weighted by Gasteiger charge is -1.98. The Morgan fingerprint density at radius 2 is 2.00 bits per heavy atom. The highest BCUT2D eigenvalue weighted by Gasteiger charge is 2.01. The van der Waals surface area contributed by atoms with E-state index in [0.717, 1.165) is 16.3 Å². The van der Waals surface area contributed by atoms with Crippen molar-refractivity contribution in [3.8, 4) is 0 Å². The van der Waals surface area contributed by atoms with E-state index in [1.165, 1.54) is 0 Å². The number of rotatable bonds is 0. The van der Waals surface area contributed by atoms with E-state index in [2.05, 4.69) is 4.98 Å². The van der Waals surface area contributed by atoms with Crippen molar-refractivity contribution in [1.82, 2.24) is 9.38 Å². The number of benzene rings is 1. The molecule has 0 aliphatic heterocycles. The first-order valence-corrected chi connectivity index (χ1v) is 4.44. The highest BCUT2D eigenvalue weighted by atomic mass is 16.1. The molecule has 0 saturated carbocycles. The Kier molecular flexibility index (Phi) is 1.31. The van der Waals surface area contributed by atoms with Crippen molar-refractivity contribution in [3.63, 3.8) is 0 Å². The first kappa shape index (κ1) is 7.38. The number of hydrogen-bond donors (Lipinski definition) is 1. The van der Waals surface area contributed by atoms with Gasteiger partial charge in [-0.1, -0.05) is 24.3 Å². The molecule has 0 bridgehead atoms. The van der Waals surface area contributed by atoms with Crippen LogP contribution in [0.15, 0.2) is 47.5 Å². The first-order valence-electron chi connectivity index (χ1n) is 4.44. The highest BCUT2D eigenvalue weighted by Crippen LogP contribution is 2.17. The number of nitrogens with zero attached hydrogens (tertiary/aromatic N) is 1. The summed E-state index contributed by atoms with van der Waals surface area (Å²) in [5.41, 5.74) is 0.832. The summed E-state index contributed by atoms with van der Waals surface area (Å²) in [6, 6.07) is 9.95. The van der Waals surface area contributed by atoms with Gasteiger partial charge < -0.3 is 4.98 Å². The van der Waals surface area contributed by atoms with E-state index in [9.17, 15) is 4.79 Å². The summed E-state index contributed by atoms with van der Waals surface area (Å²) >= 11 is 0. The van der Waals surface area contributed by atoms with Gasteiger partial charge in [0.15, 0.2) is 0 Å². The zero-order chi connectivity index (χ0) is 9.54. The van der Waals surface area contributed by atoms with Crippen LogP contribution >= 0.6 is 0 Å². The Bertz CT molecular complexity index is 663. The van der Waals surface area contributed by atoms with Crippen LogP contribution in [-0.4, -0.2) is 9.38 Å². The van der Waals surface area contributed by atoms with Crippen molar-refractivity contribution in [2.45, 2.75) is 0 Å². The summed E-state index contributed by atoms with van der Waals surface area (Å²) < 4.78 is 1.61. The molecule has 3 rings (SSSR count). The minimum absolute atomic E-state index is 0.0919. The summed E-state index contributed by atoms with van der Waals surface area (Å²) in [5.74, 6) is 0. The van der Waals surface area contributed by atoms with E-state index in [4.69, 9.17) is 0 Å². The van der Waals surface area contributed by atoms with Crippen LogP contribution in [0.3, 0.4) is 0 Å². The molecule has 0 fully saturated rings. The lowest BCUT2D eigenvalue weighted by molar-refractivity contribution is 1.07. The summed E-state index contributed by atoms with van der Waals surface area (Å²) in [6.45, 7) is 0. The molecule has 2 heterocycles. The van der Waals surface area contributed by atoms with Crippen LogP contribution in [0.5, 0.6) is 0 Å². The summed E-state index contributed by atoms with van der Waals surface area (Å²) in [7, 11) is 0. The smallest absolute Gasteiger partial charge is 0.312 e. The maximum absolute atomic E-state index is 11.3. The van der Waals surface area contributed by atoms with Crippen molar-refractivity contribution in [2.75, 3.05) is 0 Å². The fourth-order valence-electron chi connectivity index (χ4n) is 1.76. The standard InChI is InChI=1S/C11H8N2O/c14-11-12-7-10-9-4-2-1-3-8(9)5-6-13(10)11/h1-7H,(H,12,14). The van der Waals surface area contributed by atoms with Crippen LogP contribution in [0.4, 0.5) is 0 Å². The highest BCUT2D eigenvalue weighted by molar-refractivity contribution is 5.95. The Morgan fingerprint density at radius 3 is 2.93 bits per heavy atom. The number of aromatic nitrogens is 2. The quantitative estimate of drug-likeness (QED) is 0.568. The molecule has 3 heteroatoms. The maximum Gasteiger partial charge on any atom is 0.330 e. The van der Waals surface area contributed by atoms with Gasteiger partial charge in [-0.25, -0.2) is 4.79 Å². The second-order valence-corrected chi connectivity index (χ2v) is 3.25. The minimum Gasteiger partial charge on any atom is -0.312 e. The lowest BCUT2D eigenvalue weighted by atomic mass is 10.1. The van der Waals surface area contributed by atoms with Gasteiger partial charge in [0.2, 0.25) is 0 Å². The molecule has 0 unspecified atom stereocenters. The number of pyridine rings is 1. The molecular formula is C11H8N2O. The maximum atomic E-state index is 11.3. The van der Waals surface area contributed by atoms with Crippen LogP contribution < -0.4 is 5.69 Å². The molecule has 2 aromatic heterocycles. The molecule has 0 radical (unpaired) electrons. The Balaban J connectivity index is 2.68. The predicted octanol–water partition coefficient (Wildman–Crippen LogP) is 1.78. The average molecular weight is 184 g/mol. The number of hydrogen-bond acceptors (Lipinski definition) is 1. The monoisotopic (exact) mass is 184 g/mol. The van der Waals surface area contributed by atoms with Crippen LogP contribution in [0, 0.1) is 0 Å². The van der Waals surface area contributed by atoms with Gasteiger partial charge in [0.05, 0.1) is 5.52 Å². The van der Waals surface area contributed by atoms with E-state index >= 15 is 0 Å². The van der Waals surface area contributed by atoms with Gasteiger partial charge in [0.1, 0.15) is 0 Å². The predicted molar refractivity (Wildman–Crippen MR) is 55.5 cm³/mol. The summed E-state index contributed by atoms with van der Waals surface area (Å²) in [5, 5.41) is 2.24. The molecule has 0 atom stereocenters. The van der Waals surface area contributed by atoms with Crippen LogP contribution in [0.25, 0.3) is 16.3 Å². The molecule has 68 valence electrons. The van der Waals surface area contributed by atoms with E-state index < -0.39 is 0 Å². The van der Waals surface area contributed by atoms with Gasteiger partial charge >= 0.3 is 5.69 Å². The second kappa shape index (κ2) is 2.48. The van der Waals surface area contributed by atoms with Crippen LogP contribution in [-0.2, 0) is 0 Å². The first-order chi connectivity index (χ1) is 6.86. The molecule has 3 nitrogen and oxygen atoms in total. The molecule has 0 aliphatic carbocycles. The molecule has 1 aromatic carbocycles. The van der Waals surface area contributed by atoms with Gasteiger partial charge in [0, 0.05) is 17.8 Å². The summed E-state index contributed by atoms with van der Waals surface area (Å²) in [6.07, 6.45) is 3.53. The fourth-order valence-corrected chi connectivity index (χ4v) is 1.76. The van der Waals surface area contributed by atoms with Gasteiger partial charge in [0.25, 0.3) is 0 Å². The Hall–Kier alpha value is -2.03. The van der Waals surface area contributed by atoms with Crippen molar-refractivity contribution in [1.29, 1.82) is 0 Å². The minimum atomic E-state index is -0.0919. The SMILES string of the molecule is O=c1[nH]cc2c3ccccc3ccn12. The van der Waals surface area contributed by atoms with E-state index in [0.29, 0.717) is 0 Å². The molecule has 0 amide bonds. The zero-order valence-corrected chi connectivity index (χ0v) is 7.40. The molecule has 14 heavy (non-hydrogen) atoms. The molecule has 0 saturated heterocycles. The van der Waals surface area contributed by atoms with Crippen molar-refractivity contribution in [2.24, 2.45) is 0 Å². The lowest BCUT2D eigenvalue weighted by Crippen LogP contribution is -2.08. The van der Waals surface area contributed by atoms with E-state index in [1.54, 1.807) is 16.8 Å².